The van der Waals surface area contributed by atoms with E-state index in [9.17, 15) is 26.3 Å². The number of rotatable bonds is 7. The van der Waals surface area contributed by atoms with Gasteiger partial charge in [0.2, 0.25) is 0 Å². The van der Waals surface area contributed by atoms with Gasteiger partial charge in [0.05, 0.1) is 0 Å². The summed E-state index contributed by atoms with van der Waals surface area (Å²) in [6.07, 6.45) is 2.44. The molecule has 0 radical (unpaired) electrons. The molecule has 36 heavy (non-hydrogen) atoms. The van der Waals surface area contributed by atoms with Crippen LogP contribution in [0.25, 0.3) is 5.57 Å². The lowest BCUT2D eigenvalue weighted by Crippen LogP contribution is -2.25. The average molecular weight is 513 g/mol. The van der Waals surface area contributed by atoms with Crippen LogP contribution in [0.1, 0.15) is 69.4 Å². The fourth-order valence-electron chi connectivity index (χ4n) is 4.28. The molecule has 0 heterocycles. The van der Waals surface area contributed by atoms with Gasteiger partial charge in [0.25, 0.3) is 0 Å². The molecular weight excluding hydrogens is 485 g/mol. The molecule has 8 heteroatoms. The zero-order valence-electron chi connectivity index (χ0n) is 20.0. The van der Waals surface area contributed by atoms with Gasteiger partial charge >= 0.3 is 6.11 Å². The van der Waals surface area contributed by atoms with Crippen molar-refractivity contribution in [1.29, 1.82) is 0 Å². The van der Waals surface area contributed by atoms with Gasteiger partial charge in [-0.25, -0.2) is 22.0 Å². The van der Waals surface area contributed by atoms with Gasteiger partial charge in [-0.05, 0) is 61.5 Å². The molecule has 0 aliphatic heterocycles. The Balaban J connectivity index is 1.90. The summed E-state index contributed by atoms with van der Waals surface area (Å²) < 4.78 is 104. The van der Waals surface area contributed by atoms with Crippen LogP contribution in [-0.2, 0) is 4.74 Å². The SMILES string of the molecule is C\C=C(F)/C(=C(F)\C=C(/C)c1ccc(C2CCCCC2)cc1)C(F)(F)OC1=CC(F)=C(F)C(F)=CC1. The quantitative estimate of drug-likeness (QED) is 0.261. The maximum absolute atomic E-state index is 15.1. The third-order valence-corrected chi connectivity index (χ3v) is 6.26. The highest BCUT2D eigenvalue weighted by Crippen LogP contribution is 2.40. The molecule has 1 aromatic carbocycles. The molecule has 0 bridgehead atoms. The number of ether oxygens (including phenoxy) is 1. The van der Waals surface area contributed by atoms with E-state index in [1.165, 1.54) is 13.3 Å². The van der Waals surface area contributed by atoms with E-state index in [1.807, 2.05) is 12.1 Å². The number of alkyl halides is 2. The maximum atomic E-state index is 15.1. The third kappa shape index (κ3) is 6.59. The van der Waals surface area contributed by atoms with Crippen molar-refractivity contribution < 1.29 is 35.5 Å². The summed E-state index contributed by atoms with van der Waals surface area (Å²) in [6.45, 7) is 2.57. The minimum atomic E-state index is -4.61. The van der Waals surface area contributed by atoms with Gasteiger partial charge in [-0.2, -0.15) is 8.78 Å². The monoisotopic (exact) mass is 512 g/mol. The van der Waals surface area contributed by atoms with Gasteiger partial charge in [-0.15, -0.1) is 0 Å². The van der Waals surface area contributed by atoms with E-state index in [0.29, 0.717) is 23.6 Å². The van der Waals surface area contributed by atoms with Crippen LogP contribution in [-0.4, -0.2) is 6.11 Å². The lowest BCUT2D eigenvalue weighted by Gasteiger charge is -2.22. The predicted octanol–water partition coefficient (Wildman–Crippen LogP) is 10.1. The minimum absolute atomic E-state index is 0.213. The van der Waals surface area contributed by atoms with Crippen LogP contribution >= 0.6 is 0 Å². The normalized spacial score (nSPS) is 19.5. The zero-order chi connectivity index (χ0) is 26.5. The van der Waals surface area contributed by atoms with Gasteiger partial charge in [0.1, 0.15) is 23.0 Å². The molecule has 0 aromatic heterocycles. The summed E-state index contributed by atoms with van der Waals surface area (Å²) >= 11 is 0. The fourth-order valence-corrected chi connectivity index (χ4v) is 4.28. The van der Waals surface area contributed by atoms with Gasteiger partial charge in [0.15, 0.2) is 17.5 Å². The van der Waals surface area contributed by atoms with Crippen LogP contribution in [0.2, 0.25) is 0 Å². The fraction of sp³-hybridized carbons (Fsp3) is 0.357. The topological polar surface area (TPSA) is 9.23 Å². The van der Waals surface area contributed by atoms with Crippen molar-refractivity contribution in [2.24, 2.45) is 0 Å². The van der Waals surface area contributed by atoms with Gasteiger partial charge < -0.3 is 4.74 Å². The highest BCUT2D eigenvalue weighted by atomic mass is 19.3. The first-order valence-corrected chi connectivity index (χ1v) is 11.7. The Morgan fingerprint density at radius 1 is 1.00 bits per heavy atom. The van der Waals surface area contributed by atoms with Crippen molar-refractivity contribution in [2.45, 2.75) is 64.4 Å². The molecule has 2 aliphatic rings. The molecule has 3 rings (SSSR count). The molecule has 0 N–H and O–H groups in total. The first-order valence-electron chi connectivity index (χ1n) is 11.7. The number of hydrogen-bond donors (Lipinski definition) is 0. The third-order valence-electron chi connectivity index (χ3n) is 6.26. The van der Waals surface area contributed by atoms with Crippen molar-refractivity contribution in [3.05, 3.63) is 100 Å². The summed E-state index contributed by atoms with van der Waals surface area (Å²) in [5.41, 5.74) is 0.254. The number of halogens is 7. The van der Waals surface area contributed by atoms with E-state index < -0.39 is 53.0 Å². The Labute approximate surface area is 206 Å². The smallest absolute Gasteiger partial charge is 0.432 e. The number of benzene rings is 1. The molecule has 0 spiro atoms. The van der Waals surface area contributed by atoms with Crippen LogP contribution in [0.3, 0.4) is 0 Å². The van der Waals surface area contributed by atoms with Crippen LogP contribution in [0, 0.1) is 0 Å². The van der Waals surface area contributed by atoms with Gasteiger partial charge in [-0.3, -0.25) is 0 Å². The largest absolute Gasteiger partial charge is 0.433 e. The van der Waals surface area contributed by atoms with E-state index in [0.717, 1.165) is 44.2 Å². The van der Waals surface area contributed by atoms with Crippen LogP contribution < -0.4 is 0 Å². The van der Waals surface area contributed by atoms with Crippen LogP contribution in [0.15, 0.2) is 89.0 Å². The molecule has 1 fully saturated rings. The summed E-state index contributed by atoms with van der Waals surface area (Å²) in [7, 11) is 0. The summed E-state index contributed by atoms with van der Waals surface area (Å²) in [5.74, 6) is -8.93. The number of allylic oxidation sites excluding steroid dienone is 9. The van der Waals surface area contributed by atoms with Gasteiger partial charge in [-0.1, -0.05) is 49.6 Å². The maximum Gasteiger partial charge on any atom is 0.432 e. The van der Waals surface area contributed by atoms with Crippen molar-refractivity contribution in [2.75, 3.05) is 0 Å². The second kappa shape index (κ2) is 11.8. The summed E-state index contributed by atoms with van der Waals surface area (Å²) in [4.78, 5) is 0. The van der Waals surface area contributed by atoms with Gasteiger partial charge in [0, 0.05) is 12.5 Å². The molecule has 1 nitrogen and oxygen atoms in total. The second-order valence-electron chi connectivity index (χ2n) is 8.79. The molecule has 194 valence electrons. The van der Waals surface area contributed by atoms with E-state index in [2.05, 4.69) is 4.74 Å². The molecule has 0 atom stereocenters. The molecule has 1 aromatic rings. The second-order valence-corrected chi connectivity index (χ2v) is 8.79. The molecule has 0 amide bonds. The Hall–Kier alpha value is -3.03. The summed E-state index contributed by atoms with van der Waals surface area (Å²) in [5, 5.41) is 0. The number of hydrogen-bond acceptors (Lipinski definition) is 1. The first-order chi connectivity index (χ1) is 17.0. The highest BCUT2D eigenvalue weighted by molar-refractivity contribution is 5.67. The first kappa shape index (κ1) is 27.6. The minimum Gasteiger partial charge on any atom is -0.433 e. The van der Waals surface area contributed by atoms with E-state index >= 15 is 4.39 Å². The lowest BCUT2D eigenvalue weighted by atomic mass is 9.84. The van der Waals surface area contributed by atoms with Crippen molar-refractivity contribution in [3.8, 4) is 0 Å². The van der Waals surface area contributed by atoms with Crippen LogP contribution in [0.4, 0.5) is 30.7 Å². The Morgan fingerprint density at radius 2 is 1.64 bits per heavy atom. The molecule has 2 aliphatic carbocycles. The van der Waals surface area contributed by atoms with Crippen molar-refractivity contribution in [3.63, 3.8) is 0 Å². The predicted molar refractivity (Wildman–Crippen MR) is 126 cm³/mol. The van der Waals surface area contributed by atoms with E-state index in [-0.39, 0.29) is 11.6 Å². The average Bonchev–Trinajstić information content (AvgIpc) is 2.97. The van der Waals surface area contributed by atoms with E-state index in [4.69, 9.17) is 0 Å². The van der Waals surface area contributed by atoms with Crippen molar-refractivity contribution in [1.82, 2.24) is 0 Å². The zero-order valence-corrected chi connectivity index (χ0v) is 20.0. The highest BCUT2D eigenvalue weighted by Gasteiger charge is 2.43. The van der Waals surface area contributed by atoms with Crippen molar-refractivity contribution >= 4 is 5.57 Å². The Bertz CT molecular complexity index is 1140. The molecule has 0 saturated heterocycles. The molecule has 0 unspecified atom stereocenters. The standard InChI is InChI=1S/C28H27F7O/c1-3-22(29)26(28(34,35)36-21-13-14-23(30)27(33)25(32)16-21)24(31)15-17(2)18-9-11-20(12-10-18)19-7-5-4-6-8-19/h3,9-12,14-16,19H,4-8,13H2,1-2H3/b17-15+,22-3+,26-24-. The molecule has 1 saturated carbocycles. The lowest BCUT2D eigenvalue weighted by molar-refractivity contribution is -0.183. The Kier molecular flexibility index (Phi) is 9.03. The van der Waals surface area contributed by atoms with E-state index in [1.54, 1.807) is 12.1 Å². The van der Waals surface area contributed by atoms with Crippen LogP contribution in [0.5, 0.6) is 0 Å². The Morgan fingerprint density at radius 3 is 2.25 bits per heavy atom. The summed E-state index contributed by atoms with van der Waals surface area (Å²) in [6, 6.07) is 7.35. The molecular formula is C28H27F7O.